The summed E-state index contributed by atoms with van der Waals surface area (Å²) in [6, 6.07) is 6.24. The van der Waals surface area contributed by atoms with Crippen molar-refractivity contribution in [3.63, 3.8) is 0 Å². The molecule has 0 unspecified atom stereocenters. The van der Waals surface area contributed by atoms with Crippen molar-refractivity contribution in [2.24, 2.45) is 0 Å². The zero-order valence-corrected chi connectivity index (χ0v) is 35.3. The second-order valence-corrected chi connectivity index (χ2v) is 17.2. The van der Waals surface area contributed by atoms with E-state index in [1.165, 1.54) is 12.1 Å². The average Bonchev–Trinajstić information content (AvgIpc) is 3.18. The van der Waals surface area contributed by atoms with Gasteiger partial charge in [0.1, 0.15) is 35.9 Å². The van der Waals surface area contributed by atoms with Crippen LogP contribution >= 0.6 is 0 Å². The SMILES string of the molecule is C[C@@H]1O[C@@H](O[C@H]2[C@H](O)C[C@H](O[C@H]3[C@H](O)C[C@H](Oc4ccc(O)cc4)O[C@@H]3C)O[C@@H]2C)CC[C@@H]1O[C@H]1C[C@@H](O[C@H]2C[C@@H](O)[C@H](O[C@H]3CC[C@H](O)[C@H](C)O3)[C@@H](C)O2)[C@H](O)[C@@H](C)O1. The third-order valence-electron chi connectivity index (χ3n) is 12.4. The van der Waals surface area contributed by atoms with Crippen molar-refractivity contribution in [3.05, 3.63) is 24.3 Å². The number of aliphatic hydroxyl groups is 5. The minimum Gasteiger partial charge on any atom is -0.508 e. The zero-order chi connectivity index (χ0) is 42.8. The van der Waals surface area contributed by atoms with Crippen molar-refractivity contribution in [2.45, 2.75) is 228 Å². The molecule has 7 rings (SSSR count). The predicted molar refractivity (Wildman–Crippen MR) is 206 cm³/mol. The highest BCUT2D eigenvalue weighted by Gasteiger charge is 2.47. The topological polar surface area (TPSA) is 232 Å². The molecule has 342 valence electrons. The molecule has 1 aromatic rings. The van der Waals surface area contributed by atoms with Gasteiger partial charge in [-0.15, -0.1) is 0 Å². The first kappa shape index (κ1) is 46.2. The Morgan fingerprint density at radius 3 is 1.40 bits per heavy atom. The lowest BCUT2D eigenvalue weighted by atomic mass is 9.99. The Bertz CT molecular complexity index is 1440. The van der Waals surface area contributed by atoms with Crippen molar-refractivity contribution in [2.75, 3.05) is 0 Å². The molecular weight excluding hydrogens is 792 g/mol. The van der Waals surface area contributed by atoms with Gasteiger partial charge in [0.2, 0.25) is 6.29 Å². The van der Waals surface area contributed by atoms with Crippen LogP contribution < -0.4 is 4.74 Å². The lowest BCUT2D eigenvalue weighted by molar-refractivity contribution is -0.341. The van der Waals surface area contributed by atoms with Crippen LogP contribution in [0.4, 0.5) is 0 Å². The van der Waals surface area contributed by atoms with E-state index in [0.29, 0.717) is 31.4 Å². The third kappa shape index (κ3) is 11.5. The van der Waals surface area contributed by atoms with Crippen LogP contribution in [0.2, 0.25) is 0 Å². The molecule has 0 aliphatic carbocycles. The third-order valence-corrected chi connectivity index (χ3v) is 12.4. The van der Waals surface area contributed by atoms with Crippen LogP contribution in [-0.4, -0.2) is 166 Å². The fourth-order valence-electron chi connectivity index (χ4n) is 8.98. The molecule has 0 aromatic heterocycles. The summed E-state index contributed by atoms with van der Waals surface area (Å²) in [5.41, 5.74) is 0. The second kappa shape index (κ2) is 20.3. The van der Waals surface area contributed by atoms with Gasteiger partial charge in [-0.25, -0.2) is 0 Å². The van der Waals surface area contributed by atoms with Crippen LogP contribution in [0.3, 0.4) is 0 Å². The van der Waals surface area contributed by atoms with Crippen LogP contribution in [0.1, 0.15) is 92.9 Å². The molecule has 22 atom stereocenters. The van der Waals surface area contributed by atoms with Crippen molar-refractivity contribution < 1.29 is 87.5 Å². The van der Waals surface area contributed by atoms with E-state index >= 15 is 0 Å². The molecule has 0 spiro atoms. The van der Waals surface area contributed by atoms with Crippen molar-refractivity contribution in [3.8, 4) is 11.5 Å². The number of phenolic OH excluding ortho intramolecular Hbond substituents is 1. The van der Waals surface area contributed by atoms with E-state index in [1.807, 2.05) is 6.92 Å². The second-order valence-electron chi connectivity index (χ2n) is 17.2. The predicted octanol–water partition coefficient (Wildman–Crippen LogP) is 2.09. The zero-order valence-electron chi connectivity index (χ0n) is 35.3. The minimum atomic E-state index is -0.957. The maximum Gasteiger partial charge on any atom is 0.202 e. The molecule has 6 fully saturated rings. The van der Waals surface area contributed by atoms with Gasteiger partial charge < -0.3 is 87.5 Å². The number of ether oxygens (including phenoxy) is 12. The molecule has 1 aromatic carbocycles. The Labute approximate surface area is 351 Å². The highest BCUT2D eigenvalue weighted by Crippen LogP contribution is 2.36. The minimum absolute atomic E-state index is 0.108. The molecule has 18 heteroatoms. The van der Waals surface area contributed by atoms with Gasteiger partial charge in [-0.05, 0) is 78.6 Å². The number of aromatic hydroxyl groups is 1. The van der Waals surface area contributed by atoms with E-state index in [0.717, 1.165) is 0 Å². The molecule has 0 saturated carbocycles. The van der Waals surface area contributed by atoms with Crippen LogP contribution in [0.5, 0.6) is 11.5 Å². The van der Waals surface area contributed by atoms with E-state index in [-0.39, 0.29) is 43.6 Å². The smallest absolute Gasteiger partial charge is 0.202 e. The van der Waals surface area contributed by atoms with E-state index in [1.54, 1.807) is 46.8 Å². The van der Waals surface area contributed by atoms with Gasteiger partial charge in [-0.2, -0.15) is 0 Å². The van der Waals surface area contributed by atoms with E-state index in [4.69, 9.17) is 56.8 Å². The largest absolute Gasteiger partial charge is 0.508 e. The summed E-state index contributed by atoms with van der Waals surface area (Å²) in [4.78, 5) is 0. The van der Waals surface area contributed by atoms with Crippen LogP contribution in [0, 0.1) is 0 Å². The van der Waals surface area contributed by atoms with Gasteiger partial charge in [0.15, 0.2) is 31.5 Å². The average molecular weight is 859 g/mol. The summed E-state index contributed by atoms with van der Waals surface area (Å²) in [5, 5.41) is 63.7. The maximum atomic E-state index is 11.2. The Hall–Kier alpha value is -1.82. The summed E-state index contributed by atoms with van der Waals surface area (Å²) in [6.07, 6.45) is -11.8. The molecule has 6 N–H and O–H groups in total. The molecule has 0 bridgehead atoms. The maximum absolute atomic E-state index is 11.2. The summed E-state index contributed by atoms with van der Waals surface area (Å²) in [5.74, 6) is 0.612. The van der Waals surface area contributed by atoms with Gasteiger partial charge in [0, 0.05) is 38.5 Å². The van der Waals surface area contributed by atoms with Gasteiger partial charge in [0.05, 0.1) is 73.2 Å². The van der Waals surface area contributed by atoms with Crippen molar-refractivity contribution in [1.82, 2.24) is 0 Å². The molecule has 18 nitrogen and oxygen atoms in total. The van der Waals surface area contributed by atoms with E-state index in [9.17, 15) is 30.6 Å². The molecular formula is C42H66O18. The number of phenols is 1. The highest BCUT2D eigenvalue weighted by molar-refractivity contribution is 5.30. The van der Waals surface area contributed by atoms with E-state index < -0.39 is 123 Å². The summed E-state index contributed by atoms with van der Waals surface area (Å²) >= 11 is 0. The van der Waals surface area contributed by atoms with Crippen molar-refractivity contribution in [1.29, 1.82) is 0 Å². The first-order valence-corrected chi connectivity index (χ1v) is 21.7. The molecule has 6 aliphatic heterocycles. The molecule has 6 heterocycles. The first-order chi connectivity index (χ1) is 28.6. The molecule has 0 radical (unpaired) electrons. The molecule has 6 aliphatic rings. The van der Waals surface area contributed by atoms with Gasteiger partial charge in [-0.3, -0.25) is 0 Å². The quantitative estimate of drug-likeness (QED) is 0.177. The van der Waals surface area contributed by atoms with Crippen LogP contribution in [-0.2, 0) is 52.1 Å². The number of rotatable bonds is 12. The fourth-order valence-corrected chi connectivity index (χ4v) is 8.98. The number of hydrogen-bond acceptors (Lipinski definition) is 18. The summed E-state index contributed by atoms with van der Waals surface area (Å²) in [7, 11) is 0. The first-order valence-electron chi connectivity index (χ1n) is 21.7. The van der Waals surface area contributed by atoms with E-state index in [2.05, 4.69) is 0 Å². The normalized spacial score (nSPS) is 48.0. The van der Waals surface area contributed by atoms with Gasteiger partial charge in [-0.1, -0.05) is 0 Å². The standard InChI is InChI=1S/C42H66O18/c1-19-27(44)11-13-33(49-19)58-40-22(4)53-36(16-29(40)46)57-32-18-38(51-21(3)39(32)48)56-31-12-14-34(50-20(31)2)59-41-23(5)54-37(17-30(41)47)60-42-24(6)52-35(15-28(42)45)55-26-9-7-25(43)8-10-26/h7-10,19-24,27-48H,11-18H2,1-6H3/t19-,20-,21+,22+,23+,24+,27-,28+,29+,30+,31-,32+,33-,34-,35-,36-,37-,38-,39+,40+,41+,42+/m0/s1. The Morgan fingerprint density at radius 2 is 0.850 bits per heavy atom. The monoisotopic (exact) mass is 858 g/mol. The Balaban J connectivity index is 0.834. The Kier molecular flexibility index (Phi) is 15.7. The van der Waals surface area contributed by atoms with Crippen LogP contribution in [0.25, 0.3) is 0 Å². The lowest BCUT2D eigenvalue weighted by Gasteiger charge is -2.45. The Morgan fingerprint density at radius 1 is 0.417 bits per heavy atom. The van der Waals surface area contributed by atoms with Crippen LogP contribution in [0.15, 0.2) is 24.3 Å². The fraction of sp³-hybridized carbons (Fsp3) is 0.857. The summed E-state index contributed by atoms with van der Waals surface area (Å²) in [6.45, 7) is 10.8. The number of hydrogen-bond donors (Lipinski definition) is 6. The molecule has 60 heavy (non-hydrogen) atoms. The number of aliphatic hydroxyl groups excluding tert-OH is 5. The molecule has 6 saturated heterocycles. The van der Waals surface area contributed by atoms with Gasteiger partial charge >= 0.3 is 0 Å². The van der Waals surface area contributed by atoms with Gasteiger partial charge in [0.25, 0.3) is 0 Å². The highest BCUT2D eigenvalue weighted by atomic mass is 16.8. The lowest BCUT2D eigenvalue weighted by Crippen LogP contribution is -2.56. The summed E-state index contributed by atoms with van der Waals surface area (Å²) < 4.78 is 73.2. The molecule has 0 amide bonds. The van der Waals surface area contributed by atoms with Crippen molar-refractivity contribution >= 4 is 0 Å². The number of benzene rings is 1.